The molecule has 11 heavy (non-hydrogen) atoms. The molecule has 0 aromatic rings. The minimum atomic E-state index is -0.667. The maximum Gasteiger partial charge on any atom is 0.340 e. The quantitative estimate of drug-likeness (QED) is 0.536. The van der Waals surface area contributed by atoms with E-state index in [1.54, 1.807) is 13.8 Å². The number of carbonyl (C=O) groups is 1. The van der Waals surface area contributed by atoms with E-state index in [2.05, 4.69) is 4.99 Å². The number of hydrogen-bond acceptors (Lipinski definition) is 3. The Kier molecular flexibility index (Phi) is 1.74. The van der Waals surface area contributed by atoms with Crippen molar-refractivity contribution in [2.24, 2.45) is 10.9 Å². The van der Waals surface area contributed by atoms with Crippen LogP contribution in [0.4, 0.5) is 0 Å². The fourth-order valence-electron chi connectivity index (χ4n) is 0.811. The maximum atomic E-state index is 11.1. The van der Waals surface area contributed by atoms with Gasteiger partial charge in [-0.1, -0.05) is 13.8 Å². The van der Waals surface area contributed by atoms with Gasteiger partial charge in [-0.2, -0.15) is 0 Å². The highest BCUT2D eigenvalue weighted by Gasteiger charge is 2.37. The Hall–Kier alpha value is -0.860. The van der Waals surface area contributed by atoms with Crippen LogP contribution in [0.25, 0.3) is 0 Å². The number of ether oxygens (including phenoxy) is 1. The van der Waals surface area contributed by atoms with Gasteiger partial charge in [0.05, 0.1) is 0 Å². The molecule has 0 bridgehead atoms. The lowest BCUT2D eigenvalue weighted by atomic mass is 10.1. The Morgan fingerprint density at radius 2 is 2.00 bits per heavy atom. The van der Waals surface area contributed by atoms with Crippen molar-refractivity contribution in [1.82, 2.24) is 0 Å². The lowest BCUT2D eigenvalue weighted by molar-refractivity contribution is -0.138. The summed E-state index contributed by atoms with van der Waals surface area (Å²) in [6.45, 7) is 7.41. The zero-order chi connectivity index (χ0) is 8.65. The zero-order valence-corrected chi connectivity index (χ0v) is 7.34. The lowest BCUT2D eigenvalue weighted by Gasteiger charge is -2.05. The number of nitrogens with zero attached hydrogens (tertiary/aromatic N) is 1. The Balaban J connectivity index is 2.84. The van der Waals surface area contributed by atoms with Crippen molar-refractivity contribution in [1.29, 1.82) is 0 Å². The Morgan fingerprint density at radius 3 is 2.18 bits per heavy atom. The number of rotatable bonds is 1. The van der Waals surface area contributed by atoms with Crippen LogP contribution >= 0.6 is 0 Å². The first-order valence-corrected chi connectivity index (χ1v) is 3.75. The molecule has 3 heteroatoms. The van der Waals surface area contributed by atoms with E-state index in [4.69, 9.17) is 4.74 Å². The van der Waals surface area contributed by atoms with Crippen LogP contribution in [0.3, 0.4) is 0 Å². The van der Waals surface area contributed by atoms with E-state index in [1.165, 1.54) is 0 Å². The summed E-state index contributed by atoms with van der Waals surface area (Å²) in [6, 6.07) is 0. The molecule has 0 spiro atoms. The van der Waals surface area contributed by atoms with Gasteiger partial charge in [-0.15, -0.1) is 0 Å². The van der Waals surface area contributed by atoms with Crippen molar-refractivity contribution in [2.75, 3.05) is 0 Å². The average molecular weight is 155 g/mol. The second kappa shape index (κ2) is 2.32. The van der Waals surface area contributed by atoms with E-state index in [0.29, 0.717) is 5.90 Å². The van der Waals surface area contributed by atoms with E-state index in [0.717, 1.165) is 0 Å². The molecule has 0 aromatic carbocycles. The number of esters is 1. The molecule has 0 N–H and O–H groups in total. The maximum absolute atomic E-state index is 11.1. The highest BCUT2D eigenvalue weighted by atomic mass is 16.6. The summed E-state index contributed by atoms with van der Waals surface area (Å²) in [6.07, 6.45) is 0. The Bertz CT molecular complexity index is 216. The van der Waals surface area contributed by atoms with Gasteiger partial charge < -0.3 is 4.74 Å². The van der Waals surface area contributed by atoms with Crippen LogP contribution in [0.5, 0.6) is 0 Å². The van der Waals surface area contributed by atoms with Gasteiger partial charge in [0.25, 0.3) is 0 Å². The minimum absolute atomic E-state index is 0.195. The topological polar surface area (TPSA) is 38.7 Å². The van der Waals surface area contributed by atoms with Crippen molar-refractivity contribution in [3.8, 4) is 0 Å². The van der Waals surface area contributed by atoms with E-state index in [9.17, 15) is 4.79 Å². The van der Waals surface area contributed by atoms with Crippen molar-refractivity contribution < 1.29 is 9.53 Å². The standard InChI is InChI=1S/C8H13NO2/c1-5(2)6-9-8(3,4)7(10)11-6/h5H,1-4H3. The van der Waals surface area contributed by atoms with Gasteiger partial charge in [-0.05, 0) is 13.8 Å². The molecule has 0 aliphatic carbocycles. The van der Waals surface area contributed by atoms with Crippen LogP contribution in [0.15, 0.2) is 4.99 Å². The molecule has 1 aliphatic rings. The van der Waals surface area contributed by atoms with Crippen LogP contribution < -0.4 is 0 Å². The van der Waals surface area contributed by atoms with Crippen molar-refractivity contribution in [3.63, 3.8) is 0 Å². The van der Waals surface area contributed by atoms with Gasteiger partial charge in [-0.25, -0.2) is 9.79 Å². The molecular formula is C8H13NO2. The third kappa shape index (κ3) is 1.42. The highest BCUT2D eigenvalue weighted by Crippen LogP contribution is 2.21. The Morgan fingerprint density at radius 1 is 1.45 bits per heavy atom. The molecule has 1 aliphatic heterocycles. The third-order valence-corrected chi connectivity index (χ3v) is 1.58. The van der Waals surface area contributed by atoms with Crippen LogP contribution in [0.1, 0.15) is 27.7 Å². The van der Waals surface area contributed by atoms with Gasteiger partial charge in [0, 0.05) is 5.92 Å². The second-order valence-electron chi connectivity index (χ2n) is 3.55. The molecule has 0 aromatic heterocycles. The zero-order valence-electron chi connectivity index (χ0n) is 7.34. The normalized spacial score (nSPS) is 21.9. The molecule has 62 valence electrons. The van der Waals surface area contributed by atoms with E-state index < -0.39 is 5.54 Å². The second-order valence-corrected chi connectivity index (χ2v) is 3.55. The largest absolute Gasteiger partial charge is 0.410 e. The van der Waals surface area contributed by atoms with Gasteiger partial charge in [0.15, 0.2) is 11.4 Å². The summed E-state index contributed by atoms with van der Waals surface area (Å²) in [5, 5.41) is 0. The molecule has 0 radical (unpaired) electrons. The molecule has 0 fully saturated rings. The smallest absolute Gasteiger partial charge is 0.340 e. The first-order valence-electron chi connectivity index (χ1n) is 3.75. The molecule has 0 saturated heterocycles. The highest BCUT2D eigenvalue weighted by molar-refractivity contribution is 6.00. The van der Waals surface area contributed by atoms with Crippen molar-refractivity contribution >= 4 is 11.9 Å². The summed E-state index contributed by atoms with van der Waals surface area (Å²) in [5.74, 6) is 0.502. The third-order valence-electron chi connectivity index (χ3n) is 1.58. The molecular weight excluding hydrogens is 142 g/mol. The Labute approximate surface area is 66.5 Å². The van der Waals surface area contributed by atoms with Gasteiger partial charge in [0.2, 0.25) is 0 Å². The molecule has 1 rings (SSSR count). The molecule has 0 saturated carbocycles. The number of cyclic esters (lactones) is 1. The summed E-state index contributed by atoms with van der Waals surface area (Å²) in [5.41, 5.74) is -0.667. The summed E-state index contributed by atoms with van der Waals surface area (Å²) in [7, 11) is 0. The first-order chi connectivity index (χ1) is 4.93. The van der Waals surface area contributed by atoms with Crippen LogP contribution in [0.2, 0.25) is 0 Å². The summed E-state index contributed by atoms with van der Waals surface area (Å²) >= 11 is 0. The summed E-state index contributed by atoms with van der Waals surface area (Å²) < 4.78 is 4.95. The minimum Gasteiger partial charge on any atom is -0.410 e. The summed E-state index contributed by atoms with van der Waals surface area (Å²) in [4.78, 5) is 15.2. The van der Waals surface area contributed by atoms with E-state index in [1.807, 2.05) is 13.8 Å². The SMILES string of the molecule is CC(C)C1=NC(C)(C)C(=O)O1. The van der Waals surface area contributed by atoms with Crippen molar-refractivity contribution in [3.05, 3.63) is 0 Å². The predicted molar refractivity (Wildman–Crippen MR) is 42.4 cm³/mol. The van der Waals surface area contributed by atoms with Gasteiger partial charge >= 0.3 is 5.97 Å². The molecule has 0 atom stereocenters. The average Bonchev–Trinajstić information content (AvgIpc) is 2.08. The van der Waals surface area contributed by atoms with Gasteiger partial charge in [-0.3, -0.25) is 0 Å². The fraction of sp³-hybridized carbons (Fsp3) is 0.750. The first kappa shape index (κ1) is 8.24. The fourth-order valence-corrected chi connectivity index (χ4v) is 0.811. The number of carbonyl (C=O) groups excluding carboxylic acids is 1. The molecule has 1 heterocycles. The molecule has 3 nitrogen and oxygen atoms in total. The number of aliphatic imine (C=N–C) groups is 1. The van der Waals surface area contributed by atoms with E-state index >= 15 is 0 Å². The number of hydrogen-bond donors (Lipinski definition) is 0. The van der Waals surface area contributed by atoms with Crippen molar-refractivity contribution in [2.45, 2.75) is 33.2 Å². The molecule has 0 amide bonds. The predicted octanol–water partition coefficient (Wildman–Crippen LogP) is 1.38. The lowest BCUT2D eigenvalue weighted by Crippen LogP contribution is -2.25. The molecule has 0 unspecified atom stereocenters. The van der Waals surface area contributed by atoms with Crippen LogP contribution in [0, 0.1) is 5.92 Å². The van der Waals surface area contributed by atoms with Gasteiger partial charge in [0.1, 0.15) is 0 Å². The monoisotopic (exact) mass is 155 g/mol. The van der Waals surface area contributed by atoms with Crippen LogP contribution in [-0.4, -0.2) is 17.4 Å². The van der Waals surface area contributed by atoms with Crippen LogP contribution in [-0.2, 0) is 9.53 Å². The van der Waals surface area contributed by atoms with E-state index in [-0.39, 0.29) is 11.9 Å².